The number of rotatable bonds is 6. The molecule has 134 valence electrons. The van der Waals surface area contributed by atoms with E-state index in [1.165, 1.54) is 9.25 Å². The maximum absolute atomic E-state index is 12.2. The lowest BCUT2D eigenvalue weighted by molar-refractivity contribution is -0.154. The average Bonchev–Trinajstić information content (AvgIpc) is 2.90. The molecule has 0 aliphatic carbocycles. The van der Waals surface area contributed by atoms with Crippen LogP contribution < -0.4 is 15.7 Å². The first-order chi connectivity index (χ1) is 12.0. The van der Waals surface area contributed by atoms with Crippen molar-refractivity contribution < 1.29 is 19.1 Å². The normalized spacial score (nSPS) is 10.4. The number of methoxy groups -OCH3 is 1. The Balaban J connectivity index is 2.06. The second-order valence-corrected chi connectivity index (χ2v) is 5.09. The third-order valence-electron chi connectivity index (χ3n) is 3.46. The van der Waals surface area contributed by atoms with Gasteiger partial charge in [-0.25, -0.2) is 14.3 Å². The lowest BCUT2D eigenvalue weighted by atomic mass is 10.2. The van der Waals surface area contributed by atoms with Crippen LogP contribution in [0.15, 0.2) is 29.1 Å². The number of nitrogens with zero attached hydrogens (tertiary/aromatic N) is 3. The fourth-order valence-electron chi connectivity index (χ4n) is 2.17. The summed E-state index contributed by atoms with van der Waals surface area (Å²) < 4.78 is 12.3. The van der Waals surface area contributed by atoms with Gasteiger partial charge in [0.05, 0.1) is 20.3 Å². The molecule has 0 saturated heterocycles. The molecule has 0 atom stereocenters. The fraction of sp³-hybridized carbons (Fsp3) is 0.375. The molecule has 0 spiro atoms. The average molecular weight is 348 g/mol. The molecule has 1 aromatic heterocycles. The Morgan fingerprint density at radius 1 is 1.24 bits per heavy atom. The van der Waals surface area contributed by atoms with Crippen LogP contribution in [0.1, 0.15) is 6.92 Å². The lowest BCUT2D eigenvalue weighted by Gasteiger charge is -2.04. The summed E-state index contributed by atoms with van der Waals surface area (Å²) in [6.45, 7) is 1.95. The number of ether oxygens (including phenoxy) is 2. The van der Waals surface area contributed by atoms with Crippen LogP contribution in [0, 0.1) is 0 Å². The molecule has 0 aliphatic rings. The monoisotopic (exact) mass is 348 g/mol. The zero-order valence-electron chi connectivity index (χ0n) is 14.3. The van der Waals surface area contributed by atoms with Crippen LogP contribution in [0.2, 0.25) is 0 Å². The Hall–Kier alpha value is -3.10. The van der Waals surface area contributed by atoms with E-state index in [1.807, 2.05) is 0 Å². The molecule has 0 unspecified atom stereocenters. The van der Waals surface area contributed by atoms with Gasteiger partial charge in [-0.15, -0.1) is 5.10 Å². The van der Waals surface area contributed by atoms with Crippen molar-refractivity contribution >= 4 is 11.9 Å². The number of carbonyl (C=O) groups is 2. The molecule has 0 bridgehead atoms. The van der Waals surface area contributed by atoms with Gasteiger partial charge in [-0.3, -0.25) is 9.36 Å². The molecule has 1 heterocycles. The van der Waals surface area contributed by atoms with Gasteiger partial charge in [-0.1, -0.05) is 0 Å². The molecule has 1 aromatic carbocycles. The van der Waals surface area contributed by atoms with Crippen molar-refractivity contribution in [2.75, 3.05) is 20.3 Å². The third kappa shape index (κ3) is 4.25. The molecule has 2 rings (SSSR count). The van der Waals surface area contributed by atoms with E-state index < -0.39 is 11.9 Å². The Morgan fingerprint density at radius 3 is 2.52 bits per heavy atom. The summed E-state index contributed by atoms with van der Waals surface area (Å²) in [5.41, 5.74) is 0.436. The fourth-order valence-corrected chi connectivity index (χ4v) is 2.17. The van der Waals surface area contributed by atoms with Gasteiger partial charge in [0.1, 0.15) is 5.75 Å². The second-order valence-electron chi connectivity index (χ2n) is 5.09. The van der Waals surface area contributed by atoms with E-state index in [0.717, 1.165) is 5.56 Å². The van der Waals surface area contributed by atoms with Crippen molar-refractivity contribution in [1.29, 1.82) is 0 Å². The van der Waals surface area contributed by atoms with Crippen molar-refractivity contribution in [3.63, 3.8) is 0 Å². The van der Waals surface area contributed by atoms with Crippen LogP contribution in [0.25, 0.3) is 11.4 Å². The summed E-state index contributed by atoms with van der Waals surface area (Å²) in [6.07, 6.45) is 0. The van der Waals surface area contributed by atoms with E-state index in [4.69, 9.17) is 4.74 Å². The summed E-state index contributed by atoms with van der Waals surface area (Å²) in [6, 6.07) is 7.15. The SMILES string of the molecule is CCOC(=O)C(=O)NCCn1nc(-c2ccc(OC)cc2)n(C)c1=O. The molecule has 25 heavy (non-hydrogen) atoms. The van der Waals surface area contributed by atoms with Crippen LogP contribution in [-0.4, -0.2) is 46.5 Å². The number of amides is 1. The van der Waals surface area contributed by atoms with Gasteiger partial charge in [-0.2, -0.15) is 0 Å². The van der Waals surface area contributed by atoms with Gasteiger partial charge in [-0.05, 0) is 31.2 Å². The van der Waals surface area contributed by atoms with Gasteiger partial charge in [0.15, 0.2) is 5.82 Å². The summed E-state index contributed by atoms with van der Waals surface area (Å²) in [4.78, 5) is 34.9. The summed E-state index contributed by atoms with van der Waals surface area (Å²) in [5, 5.41) is 6.66. The Labute approximate surface area is 144 Å². The zero-order valence-corrected chi connectivity index (χ0v) is 14.3. The number of hydrogen-bond donors (Lipinski definition) is 1. The highest BCUT2D eigenvalue weighted by molar-refractivity contribution is 6.32. The van der Waals surface area contributed by atoms with Crippen molar-refractivity contribution in [3.8, 4) is 17.1 Å². The maximum atomic E-state index is 12.2. The number of esters is 1. The van der Waals surface area contributed by atoms with E-state index in [-0.39, 0.29) is 25.4 Å². The summed E-state index contributed by atoms with van der Waals surface area (Å²) in [5.74, 6) is -0.602. The molecule has 9 heteroatoms. The smallest absolute Gasteiger partial charge is 0.396 e. The summed E-state index contributed by atoms with van der Waals surface area (Å²) >= 11 is 0. The topological polar surface area (TPSA) is 104 Å². The second kappa shape index (κ2) is 8.13. The predicted octanol–water partition coefficient (Wildman–Crippen LogP) is -0.0633. The van der Waals surface area contributed by atoms with Crippen LogP contribution in [0.5, 0.6) is 5.75 Å². The minimum atomic E-state index is -0.949. The maximum Gasteiger partial charge on any atom is 0.396 e. The number of benzene rings is 1. The molecular formula is C16H20N4O5. The van der Waals surface area contributed by atoms with Crippen LogP contribution in [0.3, 0.4) is 0 Å². The van der Waals surface area contributed by atoms with E-state index in [2.05, 4.69) is 15.2 Å². The molecule has 1 N–H and O–H groups in total. The van der Waals surface area contributed by atoms with E-state index in [0.29, 0.717) is 11.6 Å². The highest BCUT2D eigenvalue weighted by Crippen LogP contribution is 2.19. The molecule has 0 fully saturated rings. The number of aromatic nitrogens is 3. The first-order valence-electron chi connectivity index (χ1n) is 7.71. The number of nitrogens with one attached hydrogen (secondary N) is 1. The Kier molecular flexibility index (Phi) is 5.93. The minimum Gasteiger partial charge on any atom is -0.497 e. The first-order valence-corrected chi connectivity index (χ1v) is 7.71. The van der Waals surface area contributed by atoms with Crippen LogP contribution in [-0.2, 0) is 27.9 Å². The zero-order chi connectivity index (χ0) is 18.4. The highest BCUT2D eigenvalue weighted by atomic mass is 16.5. The van der Waals surface area contributed by atoms with E-state index in [9.17, 15) is 14.4 Å². The van der Waals surface area contributed by atoms with Crippen LogP contribution in [0.4, 0.5) is 0 Å². The standard InChI is InChI=1S/C16H20N4O5/c1-4-25-15(22)14(21)17-9-10-20-16(23)19(2)13(18-20)11-5-7-12(24-3)8-6-11/h5-8H,4,9-10H2,1-3H3,(H,17,21). The minimum absolute atomic E-state index is 0.0800. The molecule has 1 amide bonds. The van der Waals surface area contributed by atoms with Crippen molar-refractivity contribution in [2.45, 2.75) is 13.5 Å². The van der Waals surface area contributed by atoms with Gasteiger partial charge in [0.2, 0.25) is 0 Å². The van der Waals surface area contributed by atoms with Crippen molar-refractivity contribution in [2.24, 2.45) is 7.05 Å². The Morgan fingerprint density at radius 2 is 1.92 bits per heavy atom. The third-order valence-corrected chi connectivity index (χ3v) is 3.46. The van der Waals surface area contributed by atoms with E-state index in [1.54, 1.807) is 45.3 Å². The molecule has 9 nitrogen and oxygen atoms in total. The molecule has 0 saturated carbocycles. The molecule has 0 aliphatic heterocycles. The van der Waals surface area contributed by atoms with Gasteiger partial charge in [0.25, 0.3) is 0 Å². The molecule has 2 aromatic rings. The van der Waals surface area contributed by atoms with Gasteiger partial charge >= 0.3 is 17.6 Å². The van der Waals surface area contributed by atoms with E-state index >= 15 is 0 Å². The quantitative estimate of drug-likeness (QED) is 0.579. The largest absolute Gasteiger partial charge is 0.497 e. The Bertz CT molecular complexity index is 807. The van der Waals surface area contributed by atoms with Crippen molar-refractivity contribution in [3.05, 3.63) is 34.7 Å². The van der Waals surface area contributed by atoms with Gasteiger partial charge < -0.3 is 14.8 Å². The van der Waals surface area contributed by atoms with Crippen molar-refractivity contribution in [1.82, 2.24) is 19.7 Å². The van der Waals surface area contributed by atoms with Gasteiger partial charge in [0, 0.05) is 19.2 Å². The highest BCUT2D eigenvalue weighted by Gasteiger charge is 2.15. The first kappa shape index (κ1) is 18.2. The summed E-state index contributed by atoms with van der Waals surface area (Å²) in [7, 11) is 3.19. The molecule has 0 radical (unpaired) electrons. The number of carbonyl (C=O) groups excluding carboxylic acids is 2. The number of hydrogen-bond acceptors (Lipinski definition) is 6. The lowest BCUT2D eigenvalue weighted by Crippen LogP contribution is -2.36. The molecular weight excluding hydrogens is 328 g/mol. The predicted molar refractivity (Wildman–Crippen MR) is 89.1 cm³/mol. The van der Waals surface area contributed by atoms with Crippen LogP contribution >= 0.6 is 0 Å².